The maximum atomic E-state index is 15.6. The van der Waals surface area contributed by atoms with Crippen molar-refractivity contribution >= 4 is 66.1 Å². The summed E-state index contributed by atoms with van der Waals surface area (Å²) in [4.78, 5) is 0. The van der Waals surface area contributed by atoms with E-state index in [4.69, 9.17) is 0 Å². The highest BCUT2D eigenvalue weighted by Crippen LogP contribution is 2.47. The first-order valence-electron chi connectivity index (χ1n) is 11.6. The lowest BCUT2D eigenvalue weighted by Crippen LogP contribution is -2.26. The summed E-state index contributed by atoms with van der Waals surface area (Å²) >= 11 is 0. The predicted octanol–water partition coefficient (Wildman–Crippen LogP) is 7.38. The Morgan fingerprint density at radius 3 is 1.76 bits per heavy atom. The molecule has 2 heteroatoms. The molecule has 0 heterocycles. The summed E-state index contributed by atoms with van der Waals surface area (Å²) in [5, 5.41) is 11.9. The summed E-state index contributed by atoms with van der Waals surface area (Å²) in [5.74, 6) is 0. The van der Waals surface area contributed by atoms with E-state index < -0.39 is 7.14 Å². The lowest BCUT2D eigenvalue weighted by molar-refractivity contribution is 0.593. The topological polar surface area (TPSA) is 17.1 Å². The molecule has 7 aromatic rings. The molecular weight excluding hydrogens is 431 g/mol. The van der Waals surface area contributed by atoms with Gasteiger partial charge in [0.15, 0.2) is 7.14 Å². The maximum Gasteiger partial charge on any atom is 0.172 e. The van der Waals surface area contributed by atoms with Crippen molar-refractivity contribution in [3.8, 4) is 0 Å². The van der Waals surface area contributed by atoms with E-state index in [1.165, 1.54) is 26.9 Å². The highest BCUT2D eigenvalue weighted by molar-refractivity contribution is 7.86. The van der Waals surface area contributed by atoms with Gasteiger partial charge >= 0.3 is 0 Å². The summed E-state index contributed by atoms with van der Waals surface area (Å²) in [6.07, 6.45) is 0. The highest BCUT2D eigenvalue weighted by atomic mass is 31.2. The summed E-state index contributed by atoms with van der Waals surface area (Å²) in [5.41, 5.74) is 0. The first-order valence-corrected chi connectivity index (χ1v) is 13.3. The molecule has 0 amide bonds. The van der Waals surface area contributed by atoms with E-state index >= 15 is 4.57 Å². The molecule has 0 aliphatic carbocycles. The molecule has 1 nitrogen and oxygen atoms in total. The lowest BCUT2D eigenvalue weighted by atomic mass is 9.94. The van der Waals surface area contributed by atoms with E-state index in [0.717, 1.165) is 32.1 Å². The zero-order valence-electron chi connectivity index (χ0n) is 18.5. The van der Waals surface area contributed by atoms with Gasteiger partial charge in [-0.2, -0.15) is 0 Å². The van der Waals surface area contributed by atoms with Crippen molar-refractivity contribution < 1.29 is 4.57 Å². The molecule has 0 N–H and O–H groups in total. The SMILES string of the molecule is O=P(c1ccccc1)(c1cccc2ccccc12)c1ccc2ccc3cccc4ccc1c2c34. The van der Waals surface area contributed by atoms with Crippen molar-refractivity contribution in [2.75, 3.05) is 0 Å². The average Bonchev–Trinajstić information content (AvgIpc) is 2.91. The van der Waals surface area contributed by atoms with Crippen molar-refractivity contribution in [3.63, 3.8) is 0 Å². The Bertz CT molecular complexity index is 1860. The van der Waals surface area contributed by atoms with E-state index in [1.54, 1.807) is 0 Å². The van der Waals surface area contributed by atoms with Gasteiger partial charge in [-0.3, -0.25) is 0 Å². The van der Waals surface area contributed by atoms with E-state index in [9.17, 15) is 0 Å². The number of benzene rings is 7. The van der Waals surface area contributed by atoms with Crippen LogP contribution in [0, 0.1) is 0 Å². The minimum absolute atomic E-state index is 0.862. The zero-order chi connectivity index (χ0) is 22.7. The Morgan fingerprint density at radius 1 is 0.382 bits per heavy atom. The Morgan fingerprint density at radius 2 is 0.941 bits per heavy atom. The molecule has 0 aromatic heterocycles. The molecule has 0 aliphatic heterocycles. The molecule has 0 fully saturated rings. The fourth-order valence-electron chi connectivity index (χ4n) is 5.52. The van der Waals surface area contributed by atoms with Gasteiger partial charge in [-0.15, -0.1) is 0 Å². The van der Waals surface area contributed by atoms with Crippen molar-refractivity contribution in [2.24, 2.45) is 0 Å². The standard InChI is InChI=1S/C32H21OP/c33-34(26-12-2-1-3-13-26,29-15-7-9-22-8-4-5-14-27(22)29)30-21-19-25-17-16-23-10-6-11-24-18-20-28(30)32(25)31(23)24/h1-21H. The van der Waals surface area contributed by atoms with Gasteiger partial charge < -0.3 is 4.57 Å². The van der Waals surface area contributed by atoms with Crippen LogP contribution in [-0.4, -0.2) is 0 Å². The molecule has 0 radical (unpaired) electrons. The first kappa shape index (κ1) is 19.5. The fourth-order valence-corrected chi connectivity index (χ4v) is 8.58. The normalized spacial score (nSPS) is 13.6. The van der Waals surface area contributed by atoms with Crippen molar-refractivity contribution in [3.05, 3.63) is 127 Å². The van der Waals surface area contributed by atoms with Crippen LogP contribution in [0.2, 0.25) is 0 Å². The number of fused-ring (bicyclic) bond motifs is 1. The molecule has 1 atom stereocenters. The van der Waals surface area contributed by atoms with Gasteiger partial charge in [0.25, 0.3) is 0 Å². The minimum atomic E-state index is -3.18. The van der Waals surface area contributed by atoms with Gasteiger partial charge in [-0.1, -0.05) is 121 Å². The van der Waals surface area contributed by atoms with Crippen LogP contribution in [-0.2, 0) is 4.57 Å². The molecular formula is C32H21OP. The van der Waals surface area contributed by atoms with E-state index in [0.29, 0.717) is 0 Å². The molecule has 34 heavy (non-hydrogen) atoms. The third kappa shape index (κ3) is 2.65. The monoisotopic (exact) mass is 452 g/mol. The second-order valence-electron chi connectivity index (χ2n) is 8.88. The smallest absolute Gasteiger partial charge is 0.172 e. The van der Waals surface area contributed by atoms with Gasteiger partial charge in [-0.05, 0) is 49.2 Å². The van der Waals surface area contributed by atoms with E-state index in [2.05, 4.69) is 72.8 Å². The third-order valence-electron chi connectivity index (χ3n) is 7.07. The van der Waals surface area contributed by atoms with Crippen molar-refractivity contribution in [1.29, 1.82) is 0 Å². The van der Waals surface area contributed by atoms with E-state index in [1.807, 2.05) is 54.6 Å². The van der Waals surface area contributed by atoms with Crippen LogP contribution in [0.15, 0.2) is 127 Å². The Kier molecular flexibility index (Phi) is 4.19. The molecule has 7 aromatic carbocycles. The van der Waals surface area contributed by atoms with Crippen LogP contribution in [0.3, 0.4) is 0 Å². The summed E-state index contributed by atoms with van der Waals surface area (Å²) in [6, 6.07) is 43.8. The van der Waals surface area contributed by atoms with Gasteiger partial charge in [0.05, 0.1) is 0 Å². The number of rotatable bonds is 3. The van der Waals surface area contributed by atoms with Gasteiger partial charge in [0.1, 0.15) is 0 Å². The summed E-state index contributed by atoms with van der Waals surface area (Å²) in [7, 11) is -3.18. The van der Waals surface area contributed by atoms with Crippen LogP contribution < -0.4 is 15.9 Å². The molecule has 160 valence electrons. The average molecular weight is 452 g/mol. The first-order chi connectivity index (χ1) is 16.7. The van der Waals surface area contributed by atoms with Crippen LogP contribution >= 0.6 is 7.14 Å². The molecule has 1 unspecified atom stereocenters. The Balaban J connectivity index is 1.67. The van der Waals surface area contributed by atoms with Crippen LogP contribution in [0.25, 0.3) is 43.1 Å². The van der Waals surface area contributed by atoms with Crippen molar-refractivity contribution in [1.82, 2.24) is 0 Å². The summed E-state index contributed by atoms with van der Waals surface area (Å²) in [6.45, 7) is 0. The second kappa shape index (κ2) is 7.29. The third-order valence-corrected chi connectivity index (χ3v) is 10.2. The molecule has 0 aliphatic rings. The molecule has 0 saturated heterocycles. The Labute approximate surface area is 198 Å². The largest absolute Gasteiger partial charge is 0.309 e. The van der Waals surface area contributed by atoms with Crippen LogP contribution in [0.5, 0.6) is 0 Å². The molecule has 0 spiro atoms. The quantitative estimate of drug-likeness (QED) is 0.202. The molecule has 7 rings (SSSR count). The minimum Gasteiger partial charge on any atom is -0.309 e. The van der Waals surface area contributed by atoms with E-state index in [-0.39, 0.29) is 0 Å². The molecule has 0 bridgehead atoms. The van der Waals surface area contributed by atoms with Crippen LogP contribution in [0.1, 0.15) is 0 Å². The molecule has 0 saturated carbocycles. The van der Waals surface area contributed by atoms with Gasteiger partial charge in [0, 0.05) is 15.9 Å². The Hall–Kier alpha value is -3.93. The highest BCUT2D eigenvalue weighted by Gasteiger charge is 2.33. The van der Waals surface area contributed by atoms with Crippen LogP contribution in [0.4, 0.5) is 0 Å². The number of hydrogen-bond acceptors (Lipinski definition) is 1. The lowest BCUT2D eigenvalue weighted by Gasteiger charge is -2.24. The summed E-state index contributed by atoms with van der Waals surface area (Å²) < 4.78 is 15.6. The van der Waals surface area contributed by atoms with Crippen molar-refractivity contribution in [2.45, 2.75) is 0 Å². The maximum absolute atomic E-state index is 15.6. The second-order valence-corrected chi connectivity index (χ2v) is 11.6. The predicted molar refractivity (Wildman–Crippen MR) is 147 cm³/mol. The number of hydrogen-bond donors (Lipinski definition) is 0. The fraction of sp³-hybridized carbons (Fsp3) is 0. The van der Waals surface area contributed by atoms with Gasteiger partial charge in [-0.25, -0.2) is 0 Å². The van der Waals surface area contributed by atoms with Gasteiger partial charge in [0.2, 0.25) is 0 Å². The zero-order valence-corrected chi connectivity index (χ0v) is 19.4.